The second-order valence-corrected chi connectivity index (χ2v) is 4.29. The number of fused-ring (bicyclic) bond motifs is 1. The first kappa shape index (κ1) is 12.0. The van der Waals surface area contributed by atoms with Crippen molar-refractivity contribution in [2.75, 3.05) is 13.2 Å². The molecule has 0 saturated carbocycles. The van der Waals surface area contributed by atoms with Crippen molar-refractivity contribution in [1.29, 1.82) is 0 Å². The molecule has 6 nitrogen and oxygen atoms in total. The van der Waals surface area contributed by atoms with Crippen molar-refractivity contribution < 1.29 is 28.2 Å². The van der Waals surface area contributed by atoms with Crippen LogP contribution in [0.3, 0.4) is 0 Å². The van der Waals surface area contributed by atoms with E-state index < -0.39 is 23.9 Å². The maximum atomic E-state index is 14.1. The third kappa shape index (κ3) is 1.86. The Morgan fingerprint density at radius 2 is 2.05 bits per heavy atom. The van der Waals surface area contributed by atoms with Gasteiger partial charge in [-0.2, -0.15) is 0 Å². The van der Waals surface area contributed by atoms with Crippen LogP contribution < -0.4 is 14.8 Å². The molecule has 2 aliphatic rings. The van der Waals surface area contributed by atoms with Gasteiger partial charge in [0.1, 0.15) is 13.2 Å². The highest BCUT2D eigenvalue weighted by Crippen LogP contribution is 2.43. The summed E-state index contributed by atoms with van der Waals surface area (Å²) in [4.78, 5) is 22.6. The number of ether oxygens (including phenoxy) is 3. The molecule has 0 radical (unpaired) electrons. The summed E-state index contributed by atoms with van der Waals surface area (Å²) < 4.78 is 29.4. The Kier molecular flexibility index (Phi) is 2.70. The zero-order valence-electron chi connectivity index (χ0n) is 9.37. The molecule has 0 aromatic heterocycles. The van der Waals surface area contributed by atoms with Crippen molar-refractivity contribution in [3.63, 3.8) is 0 Å². The van der Waals surface area contributed by atoms with Crippen molar-refractivity contribution >= 4 is 23.6 Å². The largest absolute Gasteiger partial charge is 0.486 e. The number of rotatable bonds is 1. The maximum absolute atomic E-state index is 14.1. The van der Waals surface area contributed by atoms with Crippen molar-refractivity contribution in [3.8, 4) is 11.5 Å². The minimum absolute atomic E-state index is 0.0306. The molecular weight excluding hydrogens is 281 g/mol. The molecule has 3 rings (SSSR count). The predicted molar refractivity (Wildman–Crippen MR) is 59.8 cm³/mol. The normalized spacial score (nSPS) is 21.1. The van der Waals surface area contributed by atoms with Crippen molar-refractivity contribution in [1.82, 2.24) is 5.32 Å². The summed E-state index contributed by atoms with van der Waals surface area (Å²) in [6.07, 6.45) is -2.37. The van der Waals surface area contributed by atoms with Crippen LogP contribution in [-0.4, -0.2) is 25.2 Å². The third-order valence-electron chi connectivity index (χ3n) is 2.71. The molecule has 1 saturated heterocycles. The van der Waals surface area contributed by atoms with Crippen molar-refractivity contribution in [3.05, 3.63) is 22.5 Å². The quantitative estimate of drug-likeness (QED) is 0.848. The molecule has 19 heavy (non-hydrogen) atoms. The zero-order valence-corrected chi connectivity index (χ0v) is 10.1. The van der Waals surface area contributed by atoms with E-state index in [0.717, 1.165) is 0 Å². The number of benzene rings is 1. The number of nitrogens with one attached hydrogen (secondary N) is 1. The summed E-state index contributed by atoms with van der Waals surface area (Å²) in [5.74, 6) is -1.41. The van der Waals surface area contributed by atoms with E-state index in [1.54, 1.807) is 0 Å². The van der Waals surface area contributed by atoms with Gasteiger partial charge < -0.3 is 14.2 Å². The molecule has 2 aliphatic heterocycles. The molecule has 0 bridgehead atoms. The second-order valence-electron chi connectivity index (χ2n) is 3.88. The van der Waals surface area contributed by atoms with Crippen LogP contribution in [0.1, 0.15) is 11.7 Å². The van der Waals surface area contributed by atoms with Crippen LogP contribution in [-0.2, 0) is 9.53 Å². The summed E-state index contributed by atoms with van der Waals surface area (Å²) in [5, 5.41) is 1.67. The van der Waals surface area contributed by atoms with Gasteiger partial charge in [-0.1, -0.05) is 11.6 Å². The summed E-state index contributed by atoms with van der Waals surface area (Å²) in [5.41, 5.74) is -0.231. The Balaban J connectivity index is 2.16. The number of imide groups is 1. The summed E-state index contributed by atoms with van der Waals surface area (Å²) in [6.45, 7) is 0.481. The van der Waals surface area contributed by atoms with Gasteiger partial charge in [-0.3, -0.25) is 10.1 Å². The summed E-state index contributed by atoms with van der Waals surface area (Å²) in [7, 11) is 0. The molecule has 2 amide bonds. The van der Waals surface area contributed by atoms with Crippen molar-refractivity contribution in [2.24, 2.45) is 0 Å². The molecular formula is C11H7ClFNO5. The summed E-state index contributed by atoms with van der Waals surface area (Å²) in [6, 6.07) is 1.25. The number of hydrogen-bond acceptors (Lipinski definition) is 5. The highest BCUT2D eigenvalue weighted by atomic mass is 35.5. The topological polar surface area (TPSA) is 73.9 Å². The first-order chi connectivity index (χ1) is 9.08. The van der Waals surface area contributed by atoms with Gasteiger partial charge in [0.25, 0.3) is 5.91 Å². The van der Waals surface area contributed by atoms with Gasteiger partial charge in [0.05, 0.1) is 10.6 Å². The lowest BCUT2D eigenvalue weighted by atomic mass is 10.1. The Hall–Kier alpha value is -2.02. The van der Waals surface area contributed by atoms with Gasteiger partial charge in [-0.25, -0.2) is 9.18 Å². The van der Waals surface area contributed by atoms with Gasteiger partial charge in [-0.05, 0) is 0 Å². The fourth-order valence-corrected chi connectivity index (χ4v) is 2.14. The van der Waals surface area contributed by atoms with Gasteiger partial charge in [0, 0.05) is 6.07 Å². The predicted octanol–water partition coefficient (Wildman–Crippen LogP) is 1.56. The Morgan fingerprint density at radius 1 is 1.32 bits per heavy atom. The van der Waals surface area contributed by atoms with E-state index in [1.807, 2.05) is 5.32 Å². The molecule has 100 valence electrons. The molecule has 0 spiro atoms. The molecule has 2 heterocycles. The number of amides is 2. The average molecular weight is 288 g/mol. The summed E-state index contributed by atoms with van der Waals surface area (Å²) >= 11 is 5.73. The number of carbonyl (C=O) groups is 2. The third-order valence-corrected chi connectivity index (χ3v) is 2.99. The minimum atomic E-state index is -1.43. The number of alkyl carbamates (subject to hydrolysis) is 1. The lowest BCUT2D eigenvalue weighted by molar-refractivity contribution is -0.123. The second kappa shape index (κ2) is 4.27. The molecule has 1 aromatic rings. The van der Waals surface area contributed by atoms with Crippen LogP contribution in [0.15, 0.2) is 6.07 Å². The van der Waals surface area contributed by atoms with Gasteiger partial charge in [0.15, 0.2) is 17.3 Å². The van der Waals surface area contributed by atoms with E-state index in [1.165, 1.54) is 6.07 Å². The van der Waals surface area contributed by atoms with Crippen LogP contribution >= 0.6 is 11.6 Å². The van der Waals surface area contributed by atoms with Crippen LogP contribution in [0.25, 0.3) is 0 Å². The fraction of sp³-hybridized carbons (Fsp3) is 0.273. The van der Waals surface area contributed by atoms with E-state index in [-0.39, 0.29) is 35.3 Å². The first-order valence-corrected chi connectivity index (χ1v) is 5.74. The van der Waals surface area contributed by atoms with Crippen LogP contribution in [0.4, 0.5) is 9.18 Å². The first-order valence-electron chi connectivity index (χ1n) is 5.37. The molecule has 0 aliphatic carbocycles. The highest BCUT2D eigenvalue weighted by molar-refractivity contribution is 6.31. The van der Waals surface area contributed by atoms with E-state index >= 15 is 0 Å². The lowest BCUT2D eigenvalue weighted by Crippen LogP contribution is -2.23. The molecule has 1 unspecified atom stereocenters. The molecule has 8 heteroatoms. The number of carbonyl (C=O) groups excluding carboxylic acids is 2. The molecule has 1 aromatic carbocycles. The monoisotopic (exact) mass is 287 g/mol. The Bertz CT molecular complexity index is 591. The Morgan fingerprint density at radius 3 is 2.74 bits per heavy atom. The minimum Gasteiger partial charge on any atom is -0.486 e. The molecule has 1 atom stereocenters. The van der Waals surface area contributed by atoms with E-state index in [9.17, 15) is 14.0 Å². The van der Waals surface area contributed by atoms with Crippen LogP contribution in [0.5, 0.6) is 11.5 Å². The fourth-order valence-electron chi connectivity index (χ4n) is 1.94. The average Bonchev–Trinajstić information content (AvgIpc) is 2.70. The van der Waals surface area contributed by atoms with E-state index in [0.29, 0.717) is 0 Å². The van der Waals surface area contributed by atoms with E-state index in [4.69, 9.17) is 25.8 Å². The van der Waals surface area contributed by atoms with Gasteiger partial charge in [-0.15, -0.1) is 0 Å². The number of hydrogen-bond donors (Lipinski definition) is 1. The molecule has 1 N–H and O–H groups in total. The van der Waals surface area contributed by atoms with Crippen LogP contribution in [0, 0.1) is 5.82 Å². The van der Waals surface area contributed by atoms with Crippen molar-refractivity contribution in [2.45, 2.75) is 6.10 Å². The van der Waals surface area contributed by atoms with E-state index in [2.05, 4.69) is 0 Å². The standard InChI is InChI=1S/C11H7ClFNO5/c12-4-3-5-8(18-2-1-17-5)6(7(4)13)9-10(15)14-11(16)19-9/h3,9H,1-2H2,(H,14,15,16). The Labute approximate surface area is 111 Å². The smallest absolute Gasteiger partial charge is 0.415 e. The van der Waals surface area contributed by atoms with Crippen LogP contribution in [0.2, 0.25) is 5.02 Å². The van der Waals surface area contributed by atoms with Gasteiger partial charge in [0.2, 0.25) is 6.10 Å². The zero-order chi connectivity index (χ0) is 13.6. The molecule has 1 fully saturated rings. The highest BCUT2D eigenvalue weighted by Gasteiger charge is 2.40. The van der Waals surface area contributed by atoms with Gasteiger partial charge >= 0.3 is 6.09 Å². The number of halogens is 2. The SMILES string of the molecule is O=C1NC(=O)C(c2c(F)c(Cl)cc3c2OCCO3)O1. The number of cyclic esters (lactones) is 1. The lowest BCUT2D eigenvalue weighted by Gasteiger charge is -2.23. The maximum Gasteiger partial charge on any atom is 0.415 e.